The first-order valence-electron chi connectivity index (χ1n) is 8.41. The summed E-state index contributed by atoms with van der Waals surface area (Å²) in [5, 5.41) is 2.65. The van der Waals surface area contributed by atoms with Crippen LogP contribution in [0.2, 0.25) is 0 Å². The van der Waals surface area contributed by atoms with E-state index in [9.17, 15) is 18.4 Å². The third kappa shape index (κ3) is 2.55. The molecule has 0 fully saturated rings. The Kier molecular flexibility index (Phi) is 3.66. The van der Waals surface area contributed by atoms with Crippen molar-refractivity contribution < 1.29 is 13.6 Å². The molecule has 0 spiro atoms. The van der Waals surface area contributed by atoms with Gasteiger partial charge in [-0.1, -0.05) is 17.4 Å². The summed E-state index contributed by atoms with van der Waals surface area (Å²) in [4.78, 5) is 32.1. The van der Waals surface area contributed by atoms with Gasteiger partial charge in [0, 0.05) is 16.9 Å². The van der Waals surface area contributed by atoms with Crippen molar-refractivity contribution in [2.24, 2.45) is 4.99 Å². The van der Waals surface area contributed by atoms with E-state index in [1.165, 1.54) is 34.9 Å². The number of carbonyl (C=O) groups is 1. The second-order valence-corrected chi connectivity index (χ2v) is 7.40. The number of hydrogen-bond acceptors (Lipinski definition) is 5. The highest BCUT2D eigenvalue weighted by Crippen LogP contribution is 2.30. The lowest BCUT2D eigenvalue weighted by Crippen LogP contribution is -2.43. The molecule has 28 heavy (non-hydrogen) atoms. The third-order valence-electron chi connectivity index (χ3n) is 4.68. The molecular weight excluding hydrogens is 386 g/mol. The van der Waals surface area contributed by atoms with Crippen LogP contribution in [0.3, 0.4) is 0 Å². The maximum Gasteiger partial charge on any atom is 0.272 e. The summed E-state index contributed by atoms with van der Waals surface area (Å²) >= 11 is 1.10. The minimum absolute atomic E-state index is 0.152. The number of rotatable bonds is 1. The van der Waals surface area contributed by atoms with Gasteiger partial charge in [0.25, 0.3) is 11.5 Å². The first-order chi connectivity index (χ1) is 13.5. The molecule has 140 valence electrons. The molecular formula is C19H12F2N4O2S. The van der Waals surface area contributed by atoms with E-state index < -0.39 is 11.7 Å². The number of anilines is 2. The van der Waals surface area contributed by atoms with Crippen LogP contribution in [0.15, 0.2) is 52.3 Å². The van der Waals surface area contributed by atoms with E-state index >= 15 is 0 Å². The topological polar surface area (TPSA) is 66.7 Å². The van der Waals surface area contributed by atoms with Gasteiger partial charge in [-0.3, -0.25) is 14.2 Å². The predicted molar refractivity (Wildman–Crippen MR) is 101 cm³/mol. The van der Waals surface area contributed by atoms with Crippen molar-refractivity contribution in [1.82, 2.24) is 4.57 Å². The first kappa shape index (κ1) is 16.8. The Bertz CT molecular complexity index is 1330. The summed E-state index contributed by atoms with van der Waals surface area (Å²) in [7, 11) is 0. The highest BCUT2D eigenvalue weighted by Gasteiger charge is 2.28. The average Bonchev–Trinajstić information content (AvgIpc) is 3.17. The fourth-order valence-corrected chi connectivity index (χ4v) is 4.42. The lowest BCUT2D eigenvalue weighted by atomic mass is 10.1. The van der Waals surface area contributed by atoms with Gasteiger partial charge in [-0.05, 0) is 36.4 Å². The molecule has 3 aromatic rings. The maximum absolute atomic E-state index is 13.7. The fourth-order valence-electron chi connectivity index (χ4n) is 3.36. The van der Waals surface area contributed by atoms with Crippen molar-refractivity contribution in [2.45, 2.75) is 6.67 Å². The number of aromatic nitrogens is 1. The number of halogens is 2. The number of carbonyl (C=O) groups excluding carboxylic acids is 1. The molecule has 6 nitrogen and oxygen atoms in total. The number of nitrogens with zero attached hydrogens (tertiary/aromatic N) is 3. The van der Waals surface area contributed by atoms with Crippen molar-refractivity contribution in [1.29, 1.82) is 0 Å². The summed E-state index contributed by atoms with van der Waals surface area (Å²) < 4.78 is 28.9. The van der Waals surface area contributed by atoms with E-state index in [1.54, 1.807) is 17.0 Å². The van der Waals surface area contributed by atoms with Crippen LogP contribution < -0.4 is 25.1 Å². The molecule has 5 rings (SSSR count). The van der Waals surface area contributed by atoms with Gasteiger partial charge in [0.15, 0.2) is 4.80 Å². The quantitative estimate of drug-likeness (QED) is 0.674. The summed E-state index contributed by atoms with van der Waals surface area (Å²) in [5.74, 6) is -1.31. The van der Waals surface area contributed by atoms with Crippen LogP contribution in [0.5, 0.6) is 0 Å². The highest BCUT2D eigenvalue weighted by molar-refractivity contribution is 7.07. The molecule has 0 saturated carbocycles. The molecule has 0 atom stereocenters. The van der Waals surface area contributed by atoms with Crippen LogP contribution in [0, 0.1) is 11.6 Å². The van der Waals surface area contributed by atoms with Crippen LogP contribution in [0.1, 0.15) is 5.56 Å². The van der Waals surface area contributed by atoms with Crippen LogP contribution >= 0.6 is 11.3 Å². The Hall–Kier alpha value is -3.33. The van der Waals surface area contributed by atoms with Gasteiger partial charge >= 0.3 is 0 Å². The summed E-state index contributed by atoms with van der Waals surface area (Å²) in [6, 6.07) is 10.00. The smallest absolute Gasteiger partial charge is 0.272 e. The van der Waals surface area contributed by atoms with E-state index in [-0.39, 0.29) is 34.8 Å². The van der Waals surface area contributed by atoms with E-state index in [4.69, 9.17) is 0 Å². The minimum Gasteiger partial charge on any atom is -0.333 e. The molecule has 0 radical (unpaired) electrons. The number of nitrogens with one attached hydrogen (secondary N) is 1. The number of hydrogen-bond donors (Lipinski definition) is 1. The summed E-state index contributed by atoms with van der Waals surface area (Å²) in [6.45, 7) is 0.443. The number of thiazole rings is 1. The first-order valence-corrected chi connectivity index (χ1v) is 9.23. The molecule has 1 N–H and O–H groups in total. The Morgan fingerprint density at radius 1 is 1.07 bits per heavy atom. The van der Waals surface area contributed by atoms with Crippen molar-refractivity contribution >= 4 is 34.2 Å². The third-order valence-corrected chi connectivity index (χ3v) is 5.79. The van der Waals surface area contributed by atoms with Crippen molar-refractivity contribution in [3.63, 3.8) is 0 Å². The zero-order valence-corrected chi connectivity index (χ0v) is 15.1. The molecule has 0 bridgehead atoms. The number of benzene rings is 2. The summed E-state index contributed by atoms with van der Waals surface area (Å²) in [5.41, 5.74) is 1.21. The Morgan fingerprint density at radius 2 is 1.89 bits per heavy atom. The van der Waals surface area contributed by atoms with Gasteiger partial charge < -0.3 is 10.2 Å². The van der Waals surface area contributed by atoms with Gasteiger partial charge in [-0.2, -0.15) is 0 Å². The van der Waals surface area contributed by atoms with E-state index in [0.29, 0.717) is 21.7 Å². The number of amides is 1. The molecule has 0 unspecified atom stereocenters. The maximum atomic E-state index is 13.7. The molecule has 0 saturated heterocycles. The molecule has 2 aromatic carbocycles. The number of fused-ring (bicyclic) bond motifs is 2. The fraction of sp³-hybridized carbons (Fsp3) is 0.105. The normalized spacial score (nSPS) is 17.1. The Labute approximate surface area is 160 Å². The zero-order chi connectivity index (χ0) is 19.4. The van der Waals surface area contributed by atoms with Crippen molar-refractivity contribution in [3.05, 3.63) is 79.4 Å². The standard InChI is InChI=1S/C19H12F2N4O2S/c20-10-2-1-3-12(6-10)24-8-22-19-25(9-24)18(27)16(28-19)15-13-7-11(21)4-5-14(13)23-17(15)26/h1-7H,8-9H2,(H,23,26)/b16-15-. The van der Waals surface area contributed by atoms with Crippen molar-refractivity contribution in [3.8, 4) is 0 Å². The largest absolute Gasteiger partial charge is 0.333 e. The summed E-state index contributed by atoms with van der Waals surface area (Å²) in [6.07, 6.45) is 0. The van der Waals surface area contributed by atoms with Gasteiger partial charge in [0.1, 0.15) is 29.5 Å². The minimum atomic E-state index is -0.490. The molecule has 1 aromatic heterocycles. The predicted octanol–water partition coefficient (Wildman–Crippen LogP) is 1.39. The zero-order valence-electron chi connectivity index (χ0n) is 14.3. The lowest BCUT2D eigenvalue weighted by Gasteiger charge is -2.25. The molecule has 2 aliphatic heterocycles. The van der Waals surface area contributed by atoms with Gasteiger partial charge in [-0.25, -0.2) is 13.8 Å². The van der Waals surface area contributed by atoms with Gasteiger partial charge in [0.2, 0.25) is 0 Å². The van der Waals surface area contributed by atoms with Gasteiger partial charge in [0.05, 0.1) is 5.57 Å². The van der Waals surface area contributed by atoms with Crippen LogP contribution in [0.25, 0.3) is 5.57 Å². The SMILES string of the molecule is O=C1Nc2ccc(F)cc2/C1=c1/sc2n(c1=O)CN(c1cccc(F)c1)CN=2. The second-order valence-electron chi connectivity index (χ2n) is 6.43. The second kappa shape index (κ2) is 6.10. The molecule has 1 amide bonds. The molecule has 3 heterocycles. The van der Waals surface area contributed by atoms with Crippen LogP contribution in [0.4, 0.5) is 20.2 Å². The van der Waals surface area contributed by atoms with Crippen molar-refractivity contribution in [2.75, 3.05) is 16.9 Å². The molecule has 0 aliphatic carbocycles. The van der Waals surface area contributed by atoms with E-state index in [0.717, 1.165) is 11.3 Å². The van der Waals surface area contributed by atoms with E-state index in [2.05, 4.69) is 10.3 Å². The highest BCUT2D eigenvalue weighted by atomic mass is 32.1. The molecule has 2 aliphatic rings. The van der Waals surface area contributed by atoms with Gasteiger partial charge in [-0.15, -0.1) is 0 Å². The van der Waals surface area contributed by atoms with E-state index in [1.807, 2.05) is 0 Å². The lowest BCUT2D eigenvalue weighted by molar-refractivity contribution is -0.110. The van der Waals surface area contributed by atoms with Crippen LogP contribution in [-0.2, 0) is 11.5 Å². The Balaban J connectivity index is 1.66. The van der Waals surface area contributed by atoms with Crippen LogP contribution in [-0.4, -0.2) is 17.1 Å². The monoisotopic (exact) mass is 398 g/mol. The Morgan fingerprint density at radius 3 is 2.71 bits per heavy atom. The average molecular weight is 398 g/mol. The molecule has 9 heteroatoms.